The molecule has 1 aromatic rings. The standard InChI is InChI=1S/C22H37O2/c1-4-5-6-7-8-9-10-11-12-13-14-15-16-20-17-18-21(23-2)19-22(20)24-3/h17,19H,4-16H2,1-3H3. The molecule has 0 atom stereocenters. The van der Waals surface area contributed by atoms with Crippen LogP contribution in [0.25, 0.3) is 0 Å². The van der Waals surface area contributed by atoms with Gasteiger partial charge >= 0.3 is 0 Å². The zero-order valence-electron chi connectivity index (χ0n) is 16.2. The van der Waals surface area contributed by atoms with E-state index in [-0.39, 0.29) is 0 Å². The minimum atomic E-state index is 0.741. The Morgan fingerprint density at radius 3 is 1.79 bits per heavy atom. The first-order valence-corrected chi connectivity index (χ1v) is 9.94. The third kappa shape index (κ3) is 9.20. The van der Waals surface area contributed by atoms with Gasteiger partial charge in [-0.05, 0) is 24.5 Å². The maximum Gasteiger partial charge on any atom is 0.130 e. The molecular weight excluding hydrogens is 296 g/mol. The Bertz CT molecular complexity index is 414. The average Bonchev–Trinajstić information content (AvgIpc) is 2.62. The second-order valence-corrected chi connectivity index (χ2v) is 6.73. The highest BCUT2D eigenvalue weighted by Crippen LogP contribution is 2.25. The first kappa shape index (κ1) is 20.9. The fourth-order valence-corrected chi connectivity index (χ4v) is 3.14. The Morgan fingerprint density at radius 2 is 1.29 bits per heavy atom. The third-order valence-electron chi connectivity index (χ3n) is 4.71. The van der Waals surface area contributed by atoms with Gasteiger partial charge in [-0.1, -0.05) is 77.6 Å². The van der Waals surface area contributed by atoms with Crippen LogP contribution in [0.4, 0.5) is 0 Å². The van der Waals surface area contributed by atoms with E-state index in [0.29, 0.717) is 0 Å². The summed E-state index contributed by atoms with van der Waals surface area (Å²) in [6, 6.07) is 7.09. The Hall–Kier alpha value is -1.18. The zero-order valence-corrected chi connectivity index (χ0v) is 16.2. The van der Waals surface area contributed by atoms with E-state index in [4.69, 9.17) is 9.47 Å². The fourth-order valence-electron chi connectivity index (χ4n) is 3.14. The Labute approximate surface area is 149 Å². The van der Waals surface area contributed by atoms with Crippen LogP contribution in [0.3, 0.4) is 0 Å². The highest BCUT2D eigenvalue weighted by Gasteiger charge is 2.05. The van der Waals surface area contributed by atoms with E-state index in [1.165, 1.54) is 82.6 Å². The summed E-state index contributed by atoms with van der Waals surface area (Å²) >= 11 is 0. The first-order valence-electron chi connectivity index (χ1n) is 9.94. The van der Waals surface area contributed by atoms with Crippen LogP contribution in [0.15, 0.2) is 12.1 Å². The number of rotatable bonds is 15. The maximum absolute atomic E-state index is 5.45. The lowest BCUT2D eigenvalue weighted by Gasteiger charge is -2.10. The minimum absolute atomic E-state index is 0.741. The molecule has 0 fully saturated rings. The normalized spacial score (nSPS) is 10.8. The Morgan fingerprint density at radius 1 is 0.750 bits per heavy atom. The van der Waals surface area contributed by atoms with Gasteiger partial charge in [-0.3, -0.25) is 0 Å². The molecular formula is C22H37O2. The van der Waals surface area contributed by atoms with E-state index in [1.807, 2.05) is 12.1 Å². The van der Waals surface area contributed by atoms with Crippen molar-refractivity contribution < 1.29 is 9.47 Å². The summed E-state index contributed by atoms with van der Waals surface area (Å²) in [5.41, 5.74) is 1.24. The molecule has 0 N–H and O–H groups in total. The molecule has 137 valence electrons. The number of hydrogen-bond acceptors (Lipinski definition) is 2. The van der Waals surface area contributed by atoms with E-state index in [9.17, 15) is 0 Å². The summed E-state index contributed by atoms with van der Waals surface area (Å²) in [6.07, 6.45) is 17.7. The van der Waals surface area contributed by atoms with Gasteiger partial charge in [0.2, 0.25) is 0 Å². The maximum atomic E-state index is 5.45. The Kier molecular flexibility index (Phi) is 12.3. The van der Waals surface area contributed by atoms with Crippen molar-refractivity contribution in [3.05, 3.63) is 23.8 Å². The molecule has 0 bridgehead atoms. The van der Waals surface area contributed by atoms with Crippen molar-refractivity contribution in [1.82, 2.24) is 0 Å². The minimum Gasteiger partial charge on any atom is -0.496 e. The quantitative estimate of drug-likeness (QED) is 0.331. The third-order valence-corrected chi connectivity index (χ3v) is 4.71. The summed E-state index contributed by atoms with van der Waals surface area (Å²) in [6.45, 7) is 2.28. The van der Waals surface area contributed by atoms with Crippen molar-refractivity contribution in [3.8, 4) is 11.5 Å². The van der Waals surface area contributed by atoms with E-state index >= 15 is 0 Å². The van der Waals surface area contributed by atoms with Gasteiger partial charge in [0.1, 0.15) is 11.5 Å². The molecule has 2 heteroatoms. The lowest BCUT2D eigenvalue weighted by atomic mass is 10.0. The van der Waals surface area contributed by atoms with E-state index < -0.39 is 0 Å². The van der Waals surface area contributed by atoms with E-state index in [1.54, 1.807) is 14.2 Å². The average molecular weight is 334 g/mol. The van der Waals surface area contributed by atoms with Crippen LogP contribution < -0.4 is 9.47 Å². The molecule has 1 radical (unpaired) electrons. The van der Waals surface area contributed by atoms with E-state index in [2.05, 4.69) is 13.0 Å². The number of methoxy groups -OCH3 is 2. The van der Waals surface area contributed by atoms with Gasteiger partial charge in [0.05, 0.1) is 14.2 Å². The summed E-state index contributed by atoms with van der Waals surface area (Å²) in [4.78, 5) is 0. The largest absolute Gasteiger partial charge is 0.496 e. The van der Waals surface area contributed by atoms with Gasteiger partial charge in [-0.2, -0.15) is 0 Å². The van der Waals surface area contributed by atoms with Gasteiger partial charge < -0.3 is 9.47 Å². The van der Waals surface area contributed by atoms with Crippen LogP contribution in [-0.2, 0) is 6.42 Å². The molecule has 2 nitrogen and oxygen atoms in total. The summed E-state index contributed by atoms with van der Waals surface area (Å²) in [5.74, 6) is 1.67. The van der Waals surface area contributed by atoms with Crippen LogP contribution in [0.2, 0.25) is 0 Å². The smallest absolute Gasteiger partial charge is 0.130 e. The van der Waals surface area contributed by atoms with Crippen molar-refractivity contribution in [2.24, 2.45) is 0 Å². The predicted molar refractivity (Wildman–Crippen MR) is 103 cm³/mol. The van der Waals surface area contributed by atoms with Crippen molar-refractivity contribution in [3.63, 3.8) is 0 Å². The molecule has 0 aromatic heterocycles. The predicted octanol–water partition coefficient (Wildman–Crippen LogP) is 6.75. The summed E-state index contributed by atoms with van der Waals surface area (Å²) in [7, 11) is 3.39. The molecule has 0 heterocycles. The van der Waals surface area contributed by atoms with Crippen LogP contribution in [0.1, 0.15) is 89.5 Å². The molecule has 0 aliphatic carbocycles. The molecule has 24 heavy (non-hydrogen) atoms. The van der Waals surface area contributed by atoms with Crippen LogP contribution in [0.5, 0.6) is 11.5 Å². The van der Waals surface area contributed by atoms with Gasteiger partial charge in [-0.25, -0.2) is 0 Å². The number of unbranched alkanes of at least 4 members (excludes halogenated alkanes) is 11. The Balaban J connectivity index is 2.00. The second kappa shape index (κ2) is 14.2. The lowest BCUT2D eigenvalue weighted by molar-refractivity contribution is 0.390. The molecule has 1 aromatic carbocycles. The first-order chi connectivity index (χ1) is 11.8. The lowest BCUT2D eigenvalue weighted by Crippen LogP contribution is -1.94. The van der Waals surface area contributed by atoms with Crippen molar-refractivity contribution in [1.29, 1.82) is 0 Å². The second-order valence-electron chi connectivity index (χ2n) is 6.73. The molecule has 0 aliphatic heterocycles. The van der Waals surface area contributed by atoms with Crippen LogP contribution in [-0.4, -0.2) is 14.2 Å². The topological polar surface area (TPSA) is 18.5 Å². The molecule has 0 saturated heterocycles. The van der Waals surface area contributed by atoms with Crippen molar-refractivity contribution in [2.75, 3.05) is 14.2 Å². The molecule has 0 unspecified atom stereocenters. The van der Waals surface area contributed by atoms with Crippen LogP contribution in [0, 0.1) is 6.07 Å². The van der Waals surface area contributed by atoms with Crippen LogP contribution >= 0.6 is 0 Å². The monoisotopic (exact) mass is 333 g/mol. The highest BCUT2D eigenvalue weighted by molar-refractivity contribution is 5.39. The summed E-state index contributed by atoms with van der Waals surface area (Å²) in [5, 5.41) is 0. The molecule has 0 saturated carbocycles. The van der Waals surface area contributed by atoms with Gasteiger partial charge in [-0.15, -0.1) is 0 Å². The number of hydrogen-bond donors (Lipinski definition) is 0. The fraction of sp³-hybridized carbons (Fsp3) is 0.727. The molecule has 0 amide bonds. The van der Waals surface area contributed by atoms with Gasteiger partial charge in [0.25, 0.3) is 0 Å². The number of aryl methyl sites for hydroxylation is 1. The molecule has 0 aliphatic rings. The zero-order chi connectivity index (χ0) is 17.5. The van der Waals surface area contributed by atoms with Gasteiger partial charge in [0.15, 0.2) is 0 Å². The number of benzene rings is 1. The molecule has 0 spiro atoms. The van der Waals surface area contributed by atoms with Gasteiger partial charge in [0, 0.05) is 12.1 Å². The van der Waals surface area contributed by atoms with E-state index in [0.717, 1.165) is 17.9 Å². The van der Waals surface area contributed by atoms with Crippen molar-refractivity contribution >= 4 is 0 Å². The number of ether oxygens (including phenoxy) is 2. The highest BCUT2D eigenvalue weighted by atomic mass is 16.5. The SMILES string of the molecule is CCCCCCCCCCCCCCc1c[c]c(OC)cc1OC. The van der Waals surface area contributed by atoms with Crippen molar-refractivity contribution in [2.45, 2.75) is 90.4 Å². The molecule has 1 rings (SSSR count). The summed E-state index contributed by atoms with van der Waals surface area (Å²) < 4.78 is 10.6.